The van der Waals surface area contributed by atoms with E-state index in [-0.39, 0.29) is 12.5 Å². The number of aromatic nitrogens is 4. The maximum absolute atomic E-state index is 12.1. The maximum atomic E-state index is 12.1. The number of fused-ring (bicyclic) bond motifs is 1. The number of carbonyl (C=O) groups is 1. The maximum Gasteiger partial charge on any atom is 0.261 e. The highest BCUT2D eigenvalue weighted by molar-refractivity contribution is 7.17. The van der Waals surface area contributed by atoms with Gasteiger partial charge in [-0.3, -0.25) is 4.79 Å². The van der Waals surface area contributed by atoms with Crippen molar-refractivity contribution < 1.29 is 4.79 Å². The fraction of sp³-hybridized carbons (Fsp3) is 0.0588. The molecule has 0 radical (unpaired) electrons. The van der Waals surface area contributed by atoms with E-state index in [1.807, 2.05) is 42.5 Å². The van der Waals surface area contributed by atoms with Crippen molar-refractivity contribution in [1.82, 2.24) is 25.1 Å². The van der Waals surface area contributed by atoms with Crippen molar-refractivity contribution in [2.45, 2.75) is 6.54 Å². The average molecular weight is 370 g/mol. The molecule has 3 heterocycles. The molecule has 0 atom stereocenters. The molecule has 0 aliphatic carbocycles. The fourth-order valence-electron chi connectivity index (χ4n) is 2.39. The first kappa shape index (κ1) is 15.7. The number of rotatable bonds is 4. The Bertz CT molecular complexity index is 1040. The normalized spacial score (nSPS) is 10.9. The summed E-state index contributed by atoms with van der Waals surface area (Å²) in [7, 11) is 0. The second-order valence-corrected chi connectivity index (χ2v) is 6.97. The molecule has 4 rings (SSSR count). The number of halogens is 1. The van der Waals surface area contributed by atoms with E-state index in [1.54, 1.807) is 16.6 Å². The van der Waals surface area contributed by atoms with Gasteiger partial charge in [0, 0.05) is 5.56 Å². The molecule has 0 unspecified atom stereocenters. The van der Waals surface area contributed by atoms with Gasteiger partial charge in [0.05, 0.1) is 21.5 Å². The van der Waals surface area contributed by atoms with E-state index in [2.05, 4.69) is 20.6 Å². The Morgan fingerprint density at radius 1 is 1.08 bits per heavy atom. The Labute approximate surface area is 152 Å². The van der Waals surface area contributed by atoms with Crippen molar-refractivity contribution >= 4 is 34.5 Å². The van der Waals surface area contributed by atoms with Crippen LogP contribution in [0.2, 0.25) is 4.34 Å². The van der Waals surface area contributed by atoms with Gasteiger partial charge < -0.3 is 5.32 Å². The van der Waals surface area contributed by atoms with E-state index < -0.39 is 0 Å². The number of nitrogens with one attached hydrogen (secondary N) is 1. The van der Waals surface area contributed by atoms with Gasteiger partial charge in [-0.05, 0) is 24.3 Å². The van der Waals surface area contributed by atoms with E-state index in [0.29, 0.717) is 20.7 Å². The molecule has 6 nitrogen and oxygen atoms in total. The van der Waals surface area contributed by atoms with Gasteiger partial charge in [0.2, 0.25) is 0 Å². The Hall–Kier alpha value is -2.77. The van der Waals surface area contributed by atoms with Crippen molar-refractivity contribution in [3.63, 3.8) is 0 Å². The highest BCUT2D eigenvalue weighted by Crippen LogP contribution is 2.21. The molecule has 3 aromatic heterocycles. The predicted octanol–water partition coefficient (Wildman–Crippen LogP) is 3.44. The minimum Gasteiger partial charge on any atom is -0.344 e. The lowest BCUT2D eigenvalue weighted by molar-refractivity contribution is 0.0953. The van der Waals surface area contributed by atoms with Crippen LogP contribution in [0.1, 0.15) is 15.5 Å². The van der Waals surface area contributed by atoms with Crippen molar-refractivity contribution in [2.75, 3.05) is 0 Å². The second-order valence-electron chi connectivity index (χ2n) is 5.26. The van der Waals surface area contributed by atoms with E-state index >= 15 is 0 Å². The lowest BCUT2D eigenvalue weighted by atomic mass is 10.1. The third-order valence-electron chi connectivity index (χ3n) is 3.60. The van der Waals surface area contributed by atoms with E-state index in [4.69, 9.17) is 11.6 Å². The summed E-state index contributed by atoms with van der Waals surface area (Å²) in [6, 6.07) is 17.0. The van der Waals surface area contributed by atoms with Gasteiger partial charge in [0.25, 0.3) is 5.91 Å². The minimum atomic E-state index is -0.201. The molecule has 0 bridgehead atoms. The van der Waals surface area contributed by atoms with Crippen LogP contribution in [-0.4, -0.2) is 25.7 Å². The predicted molar refractivity (Wildman–Crippen MR) is 96.7 cm³/mol. The van der Waals surface area contributed by atoms with Gasteiger partial charge in [-0.2, -0.15) is 9.61 Å². The summed E-state index contributed by atoms with van der Waals surface area (Å²) in [6.45, 7) is 0.223. The molecular weight excluding hydrogens is 358 g/mol. The van der Waals surface area contributed by atoms with Crippen LogP contribution in [-0.2, 0) is 6.54 Å². The minimum absolute atomic E-state index is 0.201. The first-order chi connectivity index (χ1) is 12.2. The highest BCUT2D eigenvalue weighted by Gasteiger charge is 2.12. The number of hydrogen-bond acceptors (Lipinski definition) is 5. The van der Waals surface area contributed by atoms with E-state index in [1.165, 1.54) is 11.3 Å². The zero-order chi connectivity index (χ0) is 17.2. The SMILES string of the molecule is O=C(NCc1nnc2ccc(-c3ccccc3)nn12)c1ccc(Cl)s1. The lowest BCUT2D eigenvalue weighted by Gasteiger charge is -2.04. The van der Waals surface area contributed by atoms with Gasteiger partial charge in [-0.25, -0.2) is 0 Å². The molecule has 1 N–H and O–H groups in total. The number of carbonyl (C=O) groups excluding carboxylic acids is 1. The van der Waals surface area contributed by atoms with E-state index in [9.17, 15) is 4.79 Å². The van der Waals surface area contributed by atoms with Crippen molar-refractivity contribution in [2.24, 2.45) is 0 Å². The van der Waals surface area contributed by atoms with Crippen LogP contribution in [0.4, 0.5) is 0 Å². The van der Waals surface area contributed by atoms with Gasteiger partial charge in [0.15, 0.2) is 11.5 Å². The molecule has 25 heavy (non-hydrogen) atoms. The van der Waals surface area contributed by atoms with Crippen molar-refractivity contribution in [3.8, 4) is 11.3 Å². The van der Waals surface area contributed by atoms with Gasteiger partial charge in [0.1, 0.15) is 0 Å². The Balaban J connectivity index is 1.58. The molecule has 1 amide bonds. The average Bonchev–Trinajstić information content (AvgIpc) is 3.26. The van der Waals surface area contributed by atoms with Crippen LogP contribution in [0.3, 0.4) is 0 Å². The lowest BCUT2D eigenvalue weighted by Crippen LogP contribution is -2.23. The molecule has 4 aromatic rings. The molecule has 0 aliphatic rings. The first-order valence-corrected chi connectivity index (χ1v) is 8.70. The summed E-state index contributed by atoms with van der Waals surface area (Å²) in [5.74, 6) is 0.358. The third-order valence-corrected chi connectivity index (χ3v) is 4.83. The second kappa shape index (κ2) is 6.62. The number of thiophene rings is 1. The highest BCUT2D eigenvalue weighted by atomic mass is 35.5. The number of hydrogen-bond donors (Lipinski definition) is 1. The summed E-state index contributed by atoms with van der Waals surface area (Å²) < 4.78 is 2.22. The molecule has 0 spiro atoms. The summed E-state index contributed by atoms with van der Waals surface area (Å²) in [6.07, 6.45) is 0. The summed E-state index contributed by atoms with van der Waals surface area (Å²) in [5.41, 5.74) is 2.44. The number of amides is 1. The molecular formula is C17H12ClN5OS. The number of nitrogens with zero attached hydrogens (tertiary/aromatic N) is 4. The van der Waals surface area contributed by atoms with Crippen molar-refractivity contribution in [3.05, 3.63) is 69.6 Å². The van der Waals surface area contributed by atoms with Gasteiger partial charge >= 0.3 is 0 Å². The topological polar surface area (TPSA) is 72.2 Å². The molecule has 0 fully saturated rings. The van der Waals surface area contributed by atoms with Crippen LogP contribution in [0.15, 0.2) is 54.6 Å². The van der Waals surface area contributed by atoms with Crippen LogP contribution < -0.4 is 5.32 Å². The van der Waals surface area contributed by atoms with Crippen LogP contribution in [0, 0.1) is 0 Å². The zero-order valence-corrected chi connectivity index (χ0v) is 14.5. The largest absolute Gasteiger partial charge is 0.344 e. The molecule has 124 valence electrons. The standard InChI is InChI=1S/C17H12ClN5OS/c18-14-8-7-13(25-14)17(24)19-10-16-21-20-15-9-6-12(22-23(15)16)11-4-2-1-3-5-11/h1-9H,10H2,(H,19,24). The molecule has 8 heteroatoms. The summed E-state index contributed by atoms with van der Waals surface area (Å²) in [4.78, 5) is 12.7. The van der Waals surface area contributed by atoms with E-state index in [0.717, 1.165) is 11.3 Å². The Morgan fingerprint density at radius 2 is 1.92 bits per heavy atom. The molecule has 1 aromatic carbocycles. The van der Waals surface area contributed by atoms with Gasteiger partial charge in [-0.1, -0.05) is 41.9 Å². The first-order valence-electron chi connectivity index (χ1n) is 7.51. The smallest absolute Gasteiger partial charge is 0.261 e. The fourth-order valence-corrected chi connectivity index (χ4v) is 3.35. The summed E-state index contributed by atoms with van der Waals surface area (Å²) in [5, 5.41) is 15.6. The molecule has 0 saturated heterocycles. The molecule has 0 aliphatic heterocycles. The van der Waals surface area contributed by atoms with Crippen LogP contribution in [0.5, 0.6) is 0 Å². The Morgan fingerprint density at radius 3 is 2.68 bits per heavy atom. The Kier molecular flexibility index (Phi) is 4.17. The number of benzene rings is 1. The zero-order valence-electron chi connectivity index (χ0n) is 12.9. The van der Waals surface area contributed by atoms with Crippen LogP contribution in [0.25, 0.3) is 16.9 Å². The third kappa shape index (κ3) is 3.24. The quantitative estimate of drug-likeness (QED) is 0.598. The van der Waals surface area contributed by atoms with Gasteiger partial charge in [-0.15, -0.1) is 21.5 Å². The van der Waals surface area contributed by atoms with Crippen molar-refractivity contribution in [1.29, 1.82) is 0 Å². The summed E-state index contributed by atoms with van der Waals surface area (Å²) >= 11 is 7.09. The van der Waals surface area contributed by atoms with Crippen LogP contribution >= 0.6 is 22.9 Å². The molecule has 0 saturated carbocycles. The monoisotopic (exact) mass is 369 g/mol.